The molecule has 2 heterocycles. The molecule has 1 aromatic carbocycles. The summed E-state index contributed by atoms with van der Waals surface area (Å²) in [5.41, 5.74) is 0.809. The molecule has 29 heavy (non-hydrogen) atoms. The number of carboxylic acids is 1. The first-order valence-electron chi connectivity index (χ1n) is 9.82. The quantitative estimate of drug-likeness (QED) is 0.386. The van der Waals surface area contributed by atoms with Crippen molar-refractivity contribution in [1.82, 2.24) is 4.72 Å². The van der Waals surface area contributed by atoms with Crippen LogP contribution >= 0.6 is 15.9 Å². The molecular formula is C21H26BrNO5S. The molecule has 2 bridgehead atoms. The predicted octanol–water partition coefficient (Wildman–Crippen LogP) is 4.09. The standard InChI is InChI=1S/C21H26BrNO5S/c22-16-9-7-15(8-10-16)13-14-29(26,27)23-21-17(18-11-12-19(21)28-18)5-3-1-2-4-6-20(24)25/h1,3,7-10,13-14,17-19,21,23H,2,4-6,11-12H2,(H,24,25)/b3-1+,14-13+. The molecule has 3 rings (SSSR count). The molecule has 4 atom stereocenters. The van der Waals surface area contributed by atoms with Crippen LogP contribution in [-0.4, -0.2) is 37.7 Å². The van der Waals surface area contributed by atoms with Gasteiger partial charge >= 0.3 is 5.97 Å². The molecule has 4 unspecified atom stereocenters. The van der Waals surface area contributed by atoms with Crippen molar-refractivity contribution < 1.29 is 23.1 Å². The van der Waals surface area contributed by atoms with Crippen molar-refractivity contribution >= 4 is 38.0 Å². The fourth-order valence-electron chi connectivity index (χ4n) is 3.95. The Hall–Kier alpha value is -1.48. The van der Waals surface area contributed by atoms with Crippen LogP contribution in [0.3, 0.4) is 0 Å². The maximum Gasteiger partial charge on any atom is 0.303 e. The third-order valence-corrected chi connectivity index (χ3v) is 6.99. The molecule has 2 aliphatic heterocycles. The third-order valence-electron chi connectivity index (χ3n) is 5.37. The number of sulfonamides is 1. The summed E-state index contributed by atoms with van der Waals surface area (Å²) >= 11 is 3.36. The fraction of sp³-hybridized carbons (Fsp3) is 0.476. The summed E-state index contributed by atoms with van der Waals surface area (Å²) < 4.78 is 34.9. The molecule has 1 aromatic rings. The van der Waals surface area contributed by atoms with Gasteiger partial charge in [-0.1, -0.05) is 40.2 Å². The molecule has 0 saturated carbocycles. The monoisotopic (exact) mass is 483 g/mol. The highest BCUT2D eigenvalue weighted by atomic mass is 79.9. The van der Waals surface area contributed by atoms with Crippen molar-refractivity contribution in [2.24, 2.45) is 5.92 Å². The number of allylic oxidation sites excluding steroid dienone is 2. The van der Waals surface area contributed by atoms with E-state index in [4.69, 9.17) is 9.84 Å². The molecule has 0 radical (unpaired) electrons. The van der Waals surface area contributed by atoms with Crippen molar-refractivity contribution in [3.63, 3.8) is 0 Å². The van der Waals surface area contributed by atoms with Crippen molar-refractivity contribution in [2.45, 2.75) is 56.8 Å². The lowest BCUT2D eigenvalue weighted by Gasteiger charge is -2.27. The highest BCUT2D eigenvalue weighted by molar-refractivity contribution is 9.10. The molecule has 2 N–H and O–H groups in total. The second-order valence-electron chi connectivity index (χ2n) is 7.49. The van der Waals surface area contributed by atoms with Crippen molar-refractivity contribution in [2.75, 3.05) is 0 Å². The van der Waals surface area contributed by atoms with Gasteiger partial charge in [0, 0.05) is 22.2 Å². The number of ether oxygens (including phenoxy) is 1. The number of unbranched alkanes of at least 4 members (excludes halogenated alkanes) is 1. The van der Waals surface area contributed by atoms with Crippen LogP contribution in [-0.2, 0) is 19.6 Å². The Labute approximate surface area is 180 Å². The summed E-state index contributed by atoms with van der Waals surface area (Å²) in [6.45, 7) is 0. The van der Waals surface area contributed by atoms with Gasteiger partial charge in [0.25, 0.3) is 0 Å². The van der Waals surface area contributed by atoms with E-state index in [0.717, 1.165) is 29.3 Å². The predicted molar refractivity (Wildman–Crippen MR) is 116 cm³/mol. The average molecular weight is 484 g/mol. The summed E-state index contributed by atoms with van der Waals surface area (Å²) in [4.78, 5) is 10.5. The Morgan fingerprint density at radius 1 is 1.21 bits per heavy atom. The van der Waals surface area contributed by atoms with Crippen LogP contribution in [0, 0.1) is 5.92 Å². The molecule has 2 fully saturated rings. The summed E-state index contributed by atoms with van der Waals surface area (Å²) in [6.07, 6.45) is 9.60. The van der Waals surface area contributed by atoms with Gasteiger partial charge in [-0.05, 0) is 55.9 Å². The Kier molecular flexibility index (Phi) is 7.67. The van der Waals surface area contributed by atoms with Crippen LogP contribution in [0.15, 0.2) is 46.3 Å². The molecule has 0 aliphatic carbocycles. The highest BCUT2D eigenvalue weighted by Crippen LogP contribution is 2.41. The maximum atomic E-state index is 12.6. The van der Waals surface area contributed by atoms with Gasteiger partial charge in [-0.15, -0.1) is 0 Å². The molecule has 8 heteroatoms. The van der Waals surface area contributed by atoms with Gasteiger partial charge in [-0.25, -0.2) is 13.1 Å². The van der Waals surface area contributed by atoms with Gasteiger partial charge in [-0.2, -0.15) is 0 Å². The first kappa shape index (κ1) is 22.2. The highest BCUT2D eigenvalue weighted by Gasteiger charge is 2.49. The summed E-state index contributed by atoms with van der Waals surface area (Å²) in [5, 5.41) is 9.88. The number of fused-ring (bicyclic) bond motifs is 2. The zero-order valence-electron chi connectivity index (χ0n) is 16.0. The van der Waals surface area contributed by atoms with E-state index in [1.807, 2.05) is 36.4 Å². The van der Waals surface area contributed by atoms with Gasteiger partial charge in [0.2, 0.25) is 10.0 Å². The zero-order chi connectivity index (χ0) is 20.9. The van der Waals surface area contributed by atoms with Crippen molar-refractivity contribution in [3.8, 4) is 0 Å². The van der Waals surface area contributed by atoms with Crippen LogP contribution in [0.2, 0.25) is 0 Å². The number of hydrogen-bond donors (Lipinski definition) is 2. The number of carbonyl (C=O) groups is 1. The topological polar surface area (TPSA) is 92.7 Å². The average Bonchev–Trinajstić information content (AvgIpc) is 3.26. The van der Waals surface area contributed by atoms with E-state index < -0.39 is 16.0 Å². The van der Waals surface area contributed by atoms with Gasteiger partial charge in [0.05, 0.1) is 18.2 Å². The minimum absolute atomic E-state index is 0.0758. The molecule has 6 nitrogen and oxygen atoms in total. The van der Waals surface area contributed by atoms with Crippen LogP contribution in [0.1, 0.15) is 44.1 Å². The molecular weight excluding hydrogens is 458 g/mol. The first-order chi connectivity index (χ1) is 13.8. The summed E-state index contributed by atoms with van der Waals surface area (Å²) in [7, 11) is -3.59. The number of halogens is 1. The van der Waals surface area contributed by atoms with Gasteiger partial charge in [0.15, 0.2) is 0 Å². The second-order valence-corrected chi connectivity index (χ2v) is 10.0. The number of carboxylic acid groups (broad SMARTS) is 1. The van der Waals surface area contributed by atoms with E-state index in [-0.39, 0.29) is 30.6 Å². The third kappa shape index (κ3) is 6.50. The molecule has 2 aliphatic rings. The van der Waals surface area contributed by atoms with Gasteiger partial charge in [0.1, 0.15) is 0 Å². The van der Waals surface area contributed by atoms with E-state index in [0.29, 0.717) is 12.8 Å². The molecule has 2 saturated heterocycles. The zero-order valence-corrected chi connectivity index (χ0v) is 18.4. The number of benzene rings is 1. The summed E-state index contributed by atoms with van der Waals surface area (Å²) in [5.74, 6) is -0.689. The Morgan fingerprint density at radius 3 is 2.66 bits per heavy atom. The maximum absolute atomic E-state index is 12.6. The van der Waals surface area contributed by atoms with Crippen molar-refractivity contribution in [1.29, 1.82) is 0 Å². The number of aliphatic carboxylic acids is 1. The second kappa shape index (κ2) is 10.0. The smallest absolute Gasteiger partial charge is 0.303 e. The lowest BCUT2D eigenvalue weighted by molar-refractivity contribution is -0.137. The van der Waals surface area contributed by atoms with Gasteiger partial charge in [-0.3, -0.25) is 4.79 Å². The van der Waals surface area contributed by atoms with Gasteiger partial charge < -0.3 is 9.84 Å². The minimum atomic E-state index is -3.59. The normalized spacial score (nSPS) is 26.7. The SMILES string of the molecule is O=C(O)CCC/C=C/CC1C2CCC(O2)C1NS(=O)(=O)/C=C/c1ccc(Br)cc1. The molecule has 0 spiro atoms. The summed E-state index contributed by atoms with van der Waals surface area (Å²) in [6, 6.07) is 7.17. The van der Waals surface area contributed by atoms with Crippen LogP contribution in [0.5, 0.6) is 0 Å². The Balaban J connectivity index is 1.58. The van der Waals surface area contributed by atoms with E-state index in [2.05, 4.69) is 20.7 Å². The molecule has 0 amide bonds. The molecule has 158 valence electrons. The van der Waals surface area contributed by atoms with E-state index in [1.54, 1.807) is 6.08 Å². The van der Waals surface area contributed by atoms with E-state index in [9.17, 15) is 13.2 Å². The van der Waals surface area contributed by atoms with Crippen LogP contribution in [0.25, 0.3) is 6.08 Å². The Morgan fingerprint density at radius 2 is 1.93 bits per heavy atom. The number of rotatable bonds is 10. The van der Waals surface area contributed by atoms with Crippen LogP contribution in [0.4, 0.5) is 0 Å². The van der Waals surface area contributed by atoms with Crippen molar-refractivity contribution in [3.05, 3.63) is 51.9 Å². The lowest BCUT2D eigenvalue weighted by Crippen LogP contribution is -2.46. The lowest BCUT2D eigenvalue weighted by atomic mass is 9.83. The first-order valence-corrected chi connectivity index (χ1v) is 12.2. The van der Waals surface area contributed by atoms with Crippen LogP contribution < -0.4 is 4.72 Å². The molecule has 0 aromatic heterocycles. The van der Waals surface area contributed by atoms with E-state index in [1.165, 1.54) is 5.41 Å². The van der Waals surface area contributed by atoms with E-state index >= 15 is 0 Å². The number of hydrogen-bond acceptors (Lipinski definition) is 4. The Bertz CT molecular complexity index is 866. The fourth-order valence-corrected chi connectivity index (χ4v) is 5.34. The number of nitrogens with one attached hydrogen (secondary N) is 1. The largest absolute Gasteiger partial charge is 0.481 e. The minimum Gasteiger partial charge on any atom is -0.481 e.